The second-order valence-electron chi connectivity index (χ2n) is 5.51. The summed E-state index contributed by atoms with van der Waals surface area (Å²) in [4.78, 5) is 10.8. The van der Waals surface area contributed by atoms with Crippen molar-refractivity contribution in [2.24, 2.45) is 0 Å². The standard InChI is InChI=1S/C16H22O3/c17-15-9-8-12(11-16(18)19)10-14(15)13-6-4-2-1-3-5-7-13/h8-10,13,17H,1-7,11H2,(H,18,19). The summed E-state index contributed by atoms with van der Waals surface area (Å²) in [6.45, 7) is 0. The number of aromatic hydroxyl groups is 1. The molecule has 0 saturated heterocycles. The summed E-state index contributed by atoms with van der Waals surface area (Å²) in [7, 11) is 0. The van der Waals surface area contributed by atoms with E-state index in [2.05, 4.69) is 0 Å². The SMILES string of the molecule is O=C(O)Cc1ccc(O)c(C2CCCCCCC2)c1. The summed E-state index contributed by atoms with van der Waals surface area (Å²) in [6, 6.07) is 5.23. The highest BCUT2D eigenvalue weighted by molar-refractivity contribution is 5.70. The molecule has 0 bridgehead atoms. The van der Waals surface area contributed by atoms with Crippen LogP contribution in [0.1, 0.15) is 62.0 Å². The molecular formula is C16H22O3. The van der Waals surface area contributed by atoms with Crippen LogP contribution in [0, 0.1) is 0 Å². The molecule has 0 heterocycles. The lowest BCUT2D eigenvalue weighted by Crippen LogP contribution is -2.05. The lowest BCUT2D eigenvalue weighted by Gasteiger charge is -2.21. The van der Waals surface area contributed by atoms with Crippen LogP contribution in [0.25, 0.3) is 0 Å². The summed E-state index contributed by atoms with van der Waals surface area (Å²) in [5.41, 5.74) is 1.73. The van der Waals surface area contributed by atoms with Crippen molar-refractivity contribution in [3.63, 3.8) is 0 Å². The van der Waals surface area contributed by atoms with E-state index in [9.17, 15) is 9.90 Å². The zero-order valence-corrected chi connectivity index (χ0v) is 11.3. The van der Waals surface area contributed by atoms with E-state index in [1.54, 1.807) is 12.1 Å². The molecular weight excluding hydrogens is 240 g/mol. The number of hydrogen-bond acceptors (Lipinski definition) is 2. The van der Waals surface area contributed by atoms with Crippen molar-refractivity contribution in [3.05, 3.63) is 29.3 Å². The van der Waals surface area contributed by atoms with E-state index in [1.165, 1.54) is 32.1 Å². The zero-order valence-electron chi connectivity index (χ0n) is 11.3. The van der Waals surface area contributed by atoms with Crippen LogP contribution < -0.4 is 0 Å². The first-order valence-corrected chi connectivity index (χ1v) is 7.20. The number of rotatable bonds is 3. The number of benzene rings is 1. The fourth-order valence-electron chi connectivity index (χ4n) is 2.98. The Labute approximate surface area is 114 Å². The molecule has 2 rings (SSSR count). The van der Waals surface area contributed by atoms with E-state index in [-0.39, 0.29) is 6.42 Å². The molecule has 1 saturated carbocycles. The largest absolute Gasteiger partial charge is 0.508 e. The van der Waals surface area contributed by atoms with E-state index >= 15 is 0 Å². The van der Waals surface area contributed by atoms with Crippen molar-refractivity contribution < 1.29 is 15.0 Å². The van der Waals surface area contributed by atoms with E-state index in [0.29, 0.717) is 11.7 Å². The third-order valence-corrected chi connectivity index (χ3v) is 3.99. The highest BCUT2D eigenvalue weighted by atomic mass is 16.4. The highest BCUT2D eigenvalue weighted by Crippen LogP contribution is 2.36. The zero-order chi connectivity index (χ0) is 13.7. The van der Waals surface area contributed by atoms with Gasteiger partial charge in [0, 0.05) is 0 Å². The Bertz CT molecular complexity index is 432. The molecule has 0 atom stereocenters. The average Bonchev–Trinajstić information content (AvgIpc) is 2.31. The van der Waals surface area contributed by atoms with Gasteiger partial charge in [-0.25, -0.2) is 0 Å². The maximum atomic E-state index is 10.8. The Hall–Kier alpha value is -1.51. The van der Waals surface area contributed by atoms with Crippen molar-refractivity contribution in [2.75, 3.05) is 0 Å². The van der Waals surface area contributed by atoms with E-state index < -0.39 is 5.97 Å². The van der Waals surface area contributed by atoms with Crippen LogP contribution in [0.4, 0.5) is 0 Å². The van der Waals surface area contributed by atoms with Crippen molar-refractivity contribution in [2.45, 2.75) is 57.3 Å². The number of phenols is 1. The molecule has 1 aliphatic carbocycles. The monoisotopic (exact) mass is 262 g/mol. The Balaban J connectivity index is 2.18. The van der Waals surface area contributed by atoms with E-state index in [1.807, 2.05) is 6.07 Å². The van der Waals surface area contributed by atoms with Crippen LogP contribution >= 0.6 is 0 Å². The number of carbonyl (C=O) groups is 1. The van der Waals surface area contributed by atoms with Crippen LogP contribution in [0.15, 0.2) is 18.2 Å². The van der Waals surface area contributed by atoms with Gasteiger partial charge in [-0.2, -0.15) is 0 Å². The van der Waals surface area contributed by atoms with Gasteiger partial charge in [0.15, 0.2) is 0 Å². The lowest BCUT2D eigenvalue weighted by molar-refractivity contribution is -0.136. The molecule has 0 spiro atoms. The van der Waals surface area contributed by atoms with Gasteiger partial charge in [-0.05, 0) is 36.0 Å². The maximum absolute atomic E-state index is 10.8. The van der Waals surface area contributed by atoms with Crippen LogP contribution in [-0.4, -0.2) is 16.2 Å². The quantitative estimate of drug-likeness (QED) is 0.870. The Morgan fingerprint density at radius 2 is 1.74 bits per heavy atom. The molecule has 0 aliphatic heterocycles. The van der Waals surface area contributed by atoms with Gasteiger partial charge < -0.3 is 10.2 Å². The Morgan fingerprint density at radius 3 is 2.37 bits per heavy atom. The third kappa shape index (κ3) is 3.98. The molecule has 19 heavy (non-hydrogen) atoms. The van der Waals surface area contributed by atoms with Crippen molar-refractivity contribution in [1.82, 2.24) is 0 Å². The predicted octanol–water partition coefficient (Wildman–Crippen LogP) is 3.85. The summed E-state index contributed by atoms with van der Waals surface area (Å²) in [5, 5.41) is 18.9. The van der Waals surface area contributed by atoms with Gasteiger partial charge in [0.1, 0.15) is 5.75 Å². The highest BCUT2D eigenvalue weighted by Gasteiger charge is 2.17. The number of aliphatic carboxylic acids is 1. The summed E-state index contributed by atoms with van der Waals surface area (Å²) in [5.74, 6) is -0.122. The maximum Gasteiger partial charge on any atom is 0.307 e. The molecule has 104 valence electrons. The first-order valence-electron chi connectivity index (χ1n) is 7.20. The second kappa shape index (κ2) is 6.60. The van der Waals surface area contributed by atoms with Crippen LogP contribution in [0.2, 0.25) is 0 Å². The van der Waals surface area contributed by atoms with Crippen molar-refractivity contribution >= 4 is 5.97 Å². The van der Waals surface area contributed by atoms with E-state index in [0.717, 1.165) is 24.0 Å². The number of hydrogen-bond donors (Lipinski definition) is 2. The topological polar surface area (TPSA) is 57.5 Å². The Kier molecular flexibility index (Phi) is 4.83. The third-order valence-electron chi connectivity index (χ3n) is 3.99. The predicted molar refractivity (Wildman–Crippen MR) is 74.5 cm³/mol. The molecule has 1 aliphatic rings. The van der Waals surface area contributed by atoms with Gasteiger partial charge in [-0.1, -0.05) is 44.2 Å². The molecule has 0 amide bonds. The van der Waals surface area contributed by atoms with Gasteiger partial charge in [0.25, 0.3) is 0 Å². The van der Waals surface area contributed by atoms with Crippen LogP contribution in [-0.2, 0) is 11.2 Å². The van der Waals surface area contributed by atoms with Crippen molar-refractivity contribution in [1.29, 1.82) is 0 Å². The first-order chi connectivity index (χ1) is 9.16. The van der Waals surface area contributed by atoms with Gasteiger partial charge in [-0.15, -0.1) is 0 Å². The van der Waals surface area contributed by atoms with Crippen molar-refractivity contribution in [3.8, 4) is 5.75 Å². The molecule has 0 unspecified atom stereocenters. The first kappa shape index (κ1) is 13.9. The second-order valence-corrected chi connectivity index (χ2v) is 5.51. The minimum Gasteiger partial charge on any atom is -0.508 e. The van der Waals surface area contributed by atoms with Gasteiger partial charge in [0.05, 0.1) is 6.42 Å². The van der Waals surface area contributed by atoms with Gasteiger partial charge in [0.2, 0.25) is 0 Å². The Morgan fingerprint density at radius 1 is 1.11 bits per heavy atom. The summed E-state index contributed by atoms with van der Waals surface area (Å²) in [6.07, 6.45) is 8.49. The number of phenolic OH excluding ortho intramolecular Hbond substituents is 1. The number of carboxylic acids is 1. The molecule has 2 N–H and O–H groups in total. The van der Waals surface area contributed by atoms with Gasteiger partial charge >= 0.3 is 5.97 Å². The fraction of sp³-hybridized carbons (Fsp3) is 0.562. The molecule has 1 aromatic carbocycles. The van der Waals surface area contributed by atoms with Crippen LogP contribution in [0.3, 0.4) is 0 Å². The normalized spacial score (nSPS) is 17.7. The minimum atomic E-state index is -0.825. The van der Waals surface area contributed by atoms with E-state index in [4.69, 9.17) is 5.11 Å². The molecule has 0 aromatic heterocycles. The summed E-state index contributed by atoms with van der Waals surface area (Å²) < 4.78 is 0. The molecule has 3 nitrogen and oxygen atoms in total. The fourth-order valence-corrected chi connectivity index (χ4v) is 2.98. The molecule has 0 radical (unpaired) electrons. The molecule has 1 fully saturated rings. The lowest BCUT2D eigenvalue weighted by atomic mass is 9.85. The minimum absolute atomic E-state index is 0.0278. The van der Waals surface area contributed by atoms with Crippen LogP contribution in [0.5, 0.6) is 5.75 Å². The number of carboxylic acid groups (broad SMARTS) is 1. The summed E-state index contributed by atoms with van der Waals surface area (Å²) >= 11 is 0. The average molecular weight is 262 g/mol. The molecule has 3 heteroatoms. The van der Waals surface area contributed by atoms with Gasteiger partial charge in [-0.3, -0.25) is 4.79 Å². The smallest absolute Gasteiger partial charge is 0.307 e. The molecule has 1 aromatic rings.